The van der Waals surface area contributed by atoms with Crippen LogP contribution in [0.25, 0.3) is 0 Å². The van der Waals surface area contributed by atoms with Crippen molar-refractivity contribution in [3.8, 4) is 0 Å². The van der Waals surface area contributed by atoms with Crippen LogP contribution in [-0.2, 0) is 0 Å². The van der Waals surface area contributed by atoms with Gasteiger partial charge in [-0.15, -0.1) is 0 Å². The van der Waals surface area contributed by atoms with Gasteiger partial charge in [-0.3, -0.25) is 0 Å². The molecule has 2 heterocycles. The van der Waals surface area contributed by atoms with Crippen LogP contribution in [0, 0.1) is 12.8 Å². The van der Waals surface area contributed by atoms with Crippen LogP contribution in [0.1, 0.15) is 25.5 Å². The van der Waals surface area contributed by atoms with E-state index in [9.17, 15) is 0 Å². The standard InChI is InChI=1S/C13H21N3/c1-10-5-3-7-13(15-10)16-8-4-6-12(9-16)11(2)14/h3,5,7,11-12H,4,6,8-9,14H2,1-2H3. The predicted octanol–water partition coefficient (Wildman–Crippen LogP) is 1.95. The Kier molecular flexibility index (Phi) is 3.44. The van der Waals surface area contributed by atoms with E-state index in [0.717, 1.165) is 24.6 Å². The average molecular weight is 219 g/mol. The zero-order valence-electron chi connectivity index (χ0n) is 10.2. The molecule has 1 aliphatic heterocycles. The summed E-state index contributed by atoms with van der Waals surface area (Å²) in [6, 6.07) is 6.49. The number of piperidine rings is 1. The topological polar surface area (TPSA) is 42.1 Å². The van der Waals surface area contributed by atoms with Crippen LogP contribution in [0.4, 0.5) is 5.82 Å². The molecule has 0 aliphatic carbocycles. The highest BCUT2D eigenvalue weighted by atomic mass is 15.2. The van der Waals surface area contributed by atoms with Crippen molar-refractivity contribution >= 4 is 5.82 Å². The first-order valence-corrected chi connectivity index (χ1v) is 6.11. The lowest BCUT2D eigenvalue weighted by Gasteiger charge is -2.35. The number of nitrogens with zero attached hydrogens (tertiary/aromatic N) is 2. The Morgan fingerprint density at radius 1 is 1.50 bits per heavy atom. The molecule has 2 unspecified atom stereocenters. The van der Waals surface area contributed by atoms with E-state index in [1.165, 1.54) is 12.8 Å². The minimum absolute atomic E-state index is 0.285. The number of hydrogen-bond acceptors (Lipinski definition) is 3. The van der Waals surface area contributed by atoms with E-state index in [1.807, 2.05) is 13.0 Å². The second-order valence-corrected chi connectivity index (χ2v) is 4.84. The molecule has 0 spiro atoms. The monoisotopic (exact) mass is 219 g/mol. The third-order valence-corrected chi connectivity index (χ3v) is 3.40. The summed E-state index contributed by atoms with van der Waals surface area (Å²) < 4.78 is 0. The molecule has 0 radical (unpaired) electrons. The van der Waals surface area contributed by atoms with Gasteiger partial charge in [0.15, 0.2) is 0 Å². The molecular weight excluding hydrogens is 198 g/mol. The molecule has 0 saturated carbocycles. The largest absolute Gasteiger partial charge is 0.356 e. The number of hydrogen-bond donors (Lipinski definition) is 1. The average Bonchev–Trinajstić information content (AvgIpc) is 2.29. The summed E-state index contributed by atoms with van der Waals surface area (Å²) in [6.45, 7) is 6.31. The molecule has 3 nitrogen and oxygen atoms in total. The van der Waals surface area contributed by atoms with Crippen molar-refractivity contribution in [2.24, 2.45) is 11.7 Å². The van der Waals surface area contributed by atoms with Crippen LogP contribution in [0.2, 0.25) is 0 Å². The number of aromatic nitrogens is 1. The van der Waals surface area contributed by atoms with Gasteiger partial charge in [-0.25, -0.2) is 4.98 Å². The first-order chi connectivity index (χ1) is 7.66. The van der Waals surface area contributed by atoms with Gasteiger partial charge in [0.2, 0.25) is 0 Å². The van der Waals surface area contributed by atoms with Crippen molar-refractivity contribution in [2.75, 3.05) is 18.0 Å². The summed E-state index contributed by atoms with van der Waals surface area (Å²) in [5, 5.41) is 0. The highest BCUT2D eigenvalue weighted by molar-refractivity contribution is 5.39. The van der Waals surface area contributed by atoms with Gasteiger partial charge in [0.25, 0.3) is 0 Å². The molecule has 1 aromatic rings. The van der Waals surface area contributed by atoms with Crippen molar-refractivity contribution in [2.45, 2.75) is 32.7 Å². The summed E-state index contributed by atoms with van der Waals surface area (Å²) in [6.07, 6.45) is 2.47. The fraction of sp³-hybridized carbons (Fsp3) is 0.615. The van der Waals surface area contributed by atoms with Crippen LogP contribution in [0.5, 0.6) is 0 Å². The third-order valence-electron chi connectivity index (χ3n) is 3.40. The van der Waals surface area contributed by atoms with Gasteiger partial charge in [-0.2, -0.15) is 0 Å². The molecule has 1 aliphatic rings. The number of rotatable bonds is 2. The Bertz CT molecular complexity index is 349. The molecule has 1 fully saturated rings. The van der Waals surface area contributed by atoms with Crippen molar-refractivity contribution in [3.05, 3.63) is 23.9 Å². The zero-order valence-corrected chi connectivity index (χ0v) is 10.2. The number of anilines is 1. The fourth-order valence-corrected chi connectivity index (χ4v) is 2.35. The Morgan fingerprint density at radius 2 is 2.31 bits per heavy atom. The lowest BCUT2D eigenvalue weighted by molar-refractivity contribution is 0.363. The Labute approximate surface area is 97.7 Å². The van der Waals surface area contributed by atoms with E-state index < -0.39 is 0 Å². The molecule has 2 rings (SSSR count). The minimum Gasteiger partial charge on any atom is -0.356 e. The predicted molar refractivity (Wildman–Crippen MR) is 67.6 cm³/mol. The fourth-order valence-electron chi connectivity index (χ4n) is 2.35. The smallest absolute Gasteiger partial charge is 0.128 e. The Morgan fingerprint density at radius 3 is 3.00 bits per heavy atom. The second kappa shape index (κ2) is 4.83. The Balaban J connectivity index is 2.09. The van der Waals surface area contributed by atoms with Crippen LogP contribution in [-0.4, -0.2) is 24.1 Å². The van der Waals surface area contributed by atoms with Crippen molar-refractivity contribution in [3.63, 3.8) is 0 Å². The second-order valence-electron chi connectivity index (χ2n) is 4.84. The minimum atomic E-state index is 0.285. The maximum atomic E-state index is 5.99. The zero-order chi connectivity index (χ0) is 11.5. The lowest BCUT2D eigenvalue weighted by Crippen LogP contribution is -2.42. The molecule has 1 aromatic heterocycles. The number of pyridine rings is 1. The van der Waals surface area contributed by atoms with Crippen LogP contribution in [0.15, 0.2) is 18.2 Å². The summed E-state index contributed by atoms with van der Waals surface area (Å²) in [5.74, 6) is 1.71. The summed E-state index contributed by atoms with van der Waals surface area (Å²) in [7, 11) is 0. The maximum absolute atomic E-state index is 5.99. The summed E-state index contributed by atoms with van der Waals surface area (Å²) in [4.78, 5) is 6.94. The SMILES string of the molecule is Cc1cccc(N2CCCC(C(C)N)C2)n1. The van der Waals surface area contributed by atoms with Crippen molar-refractivity contribution < 1.29 is 0 Å². The molecule has 1 saturated heterocycles. The Hall–Kier alpha value is -1.09. The van der Waals surface area contributed by atoms with Crippen LogP contribution < -0.4 is 10.6 Å². The molecule has 2 N–H and O–H groups in total. The van der Waals surface area contributed by atoms with E-state index in [2.05, 4.69) is 28.9 Å². The molecule has 16 heavy (non-hydrogen) atoms. The molecule has 2 atom stereocenters. The summed E-state index contributed by atoms with van der Waals surface area (Å²) in [5.41, 5.74) is 7.07. The van der Waals surface area contributed by atoms with Gasteiger partial charge in [-0.05, 0) is 44.7 Å². The van der Waals surface area contributed by atoms with Crippen LogP contribution >= 0.6 is 0 Å². The lowest BCUT2D eigenvalue weighted by atomic mass is 9.92. The number of nitrogens with two attached hydrogens (primary N) is 1. The van der Waals surface area contributed by atoms with Gasteiger partial charge < -0.3 is 10.6 Å². The summed E-state index contributed by atoms with van der Waals surface area (Å²) >= 11 is 0. The third kappa shape index (κ3) is 2.53. The van der Waals surface area contributed by atoms with E-state index in [-0.39, 0.29) is 6.04 Å². The van der Waals surface area contributed by atoms with Crippen molar-refractivity contribution in [1.82, 2.24) is 4.98 Å². The first kappa shape index (κ1) is 11.4. The normalized spacial score (nSPS) is 23.2. The van der Waals surface area contributed by atoms with Crippen molar-refractivity contribution in [1.29, 1.82) is 0 Å². The van der Waals surface area contributed by atoms with Gasteiger partial charge in [-0.1, -0.05) is 6.07 Å². The van der Waals surface area contributed by atoms with E-state index in [4.69, 9.17) is 5.73 Å². The van der Waals surface area contributed by atoms with Crippen LogP contribution in [0.3, 0.4) is 0 Å². The van der Waals surface area contributed by atoms with E-state index >= 15 is 0 Å². The molecule has 3 heteroatoms. The van der Waals surface area contributed by atoms with Gasteiger partial charge in [0.1, 0.15) is 5.82 Å². The number of aryl methyl sites for hydroxylation is 1. The van der Waals surface area contributed by atoms with E-state index in [0.29, 0.717) is 5.92 Å². The molecule has 0 bridgehead atoms. The molecule has 0 aromatic carbocycles. The van der Waals surface area contributed by atoms with Gasteiger partial charge in [0, 0.05) is 24.8 Å². The highest BCUT2D eigenvalue weighted by Gasteiger charge is 2.23. The molecule has 88 valence electrons. The maximum Gasteiger partial charge on any atom is 0.128 e. The first-order valence-electron chi connectivity index (χ1n) is 6.11. The van der Waals surface area contributed by atoms with Gasteiger partial charge in [0.05, 0.1) is 0 Å². The van der Waals surface area contributed by atoms with E-state index in [1.54, 1.807) is 0 Å². The quantitative estimate of drug-likeness (QED) is 0.826. The highest BCUT2D eigenvalue weighted by Crippen LogP contribution is 2.23. The molecule has 0 amide bonds. The van der Waals surface area contributed by atoms with Gasteiger partial charge >= 0.3 is 0 Å². The molecular formula is C13H21N3.